The van der Waals surface area contributed by atoms with Gasteiger partial charge in [0.1, 0.15) is 0 Å². The van der Waals surface area contributed by atoms with Gasteiger partial charge in [-0.15, -0.1) is 0 Å². The maximum absolute atomic E-state index is 9.18. The zero-order valence-corrected chi connectivity index (χ0v) is 8.99. The van der Waals surface area contributed by atoms with Gasteiger partial charge in [0, 0.05) is 0 Å². The largest absolute Gasteiger partial charge is 0.363 e. The Bertz CT molecular complexity index is 451. The minimum atomic E-state index is -1.49. The van der Waals surface area contributed by atoms with Crippen LogP contribution in [-0.4, -0.2) is 19.8 Å². The van der Waals surface area contributed by atoms with Crippen LogP contribution in [-0.2, 0) is 0 Å². The molecule has 0 saturated carbocycles. The first-order valence-electron chi connectivity index (χ1n) is 5.13. The first kappa shape index (κ1) is 10.9. The molecule has 0 fully saturated rings. The predicted molar refractivity (Wildman–Crippen MR) is 59.7 cm³/mol. The molecule has 0 spiro atoms. The van der Waals surface area contributed by atoms with E-state index in [0.29, 0.717) is 5.69 Å². The Morgan fingerprint density at radius 1 is 1.19 bits per heavy atom. The second-order valence-corrected chi connectivity index (χ2v) is 3.69. The van der Waals surface area contributed by atoms with Crippen molar-refractivity contribution in [3.05, 3.63) is 54.1 Å². The number of nitrogens with zero attached hydrogens (tertiary/aromatic N) is 2. The van der Waals surface area contributed by atoms with Crippen molar-refractivity contribution in [3.8, 4) is 0 Å². The van der Waals surface area contributed by atoms with E-state index in [1.807, 2.05) is 37.3 Å². The van der Waals surface area contributed by atoms with Crippen LogP contribution in [0.5, 0.6) is 0 Å². The standard InChI is InChI=1S/C12H14N2O2/c1-9(10-5-3-2-4-6-10)14-8-13-7-11(14)12(15)16/h2-9,12,15-16H,1H3/t9-/m1/s1. The molecule has 0 radical (unpaired) electrons. The summed E-state index contributed by atoms with van der Waals surface area (Å²) in [6.45, 7) is 1.99. The molecule has 2 N–H and O–H groups in total. The van der Waals surface area contributed by atoms with E-state index in [9.17, 15) is 10.2 Å². The normalized spacial score (nSPS) is 13.0. The molecule has 0 amide bonds. The number of aromatic nitrogens is 2. The van der Waals surface area contributed by atoms with Crippen molar-refractivity contribution in [2.45, 2.75) is 19.3 Å². The maximum atomic E-state index is 9.18. The summed E-state index contributed by atoms with van der Waals surface area (Å²) in [6, 6.07) is 9.89. The maximum Gasteiger partial charge on any atom is 0.195 e. The fourth-order valence-electron chi connectivity index (χ4n) is 1.73. The van der Waals surface area contributed by atoms with Gasteiger partial charge in [-0.1, -0.05) is 30.3 Å². The Morgan fingerprint density at radius 3 is 2.50 bits per heavy atom. The molecule has 4 heteroatoms. The summed E-state index contributed by atoms with van der Waals surface area (Å²) >= 11 is 0. The molecule has 1 aromatic carbocycles. The van der Waals surface area contributed by atoms with Crippen molar-refractivity contribution in [2.75, 3.05) is 0 Å². The number of aliphatic hydroxyl groups is 2. The fourth-order valence-corrected chi connectivity index (χ4v) is 1.73. The summed E-state index contributed by atoms with van der Waals surface area (Å²) in [5, 5.41) is 18.4. The van der Waals surface area contributed by atoms with E-state index in [0.717, 1.165) is 5.56 Å². The highest BCUT2D eigenvalue weighted by Gasteiger charge is 2.15. The zero-order valence-electron chi connectivity index (χ0n) is 8.99. The molecule has 0 saturated heterocycles. The molecule has 0 bridgehead atoms. The highest BCUT2D eigenvalue weighted by Crippen LogP contribution is 2.21. The molecular weight excluding hydrogens is 204 g/mol. The zero-order chi connectivity index (χ0) is 11.5. The molecule has 1 atom stereocenters. The molecular formula is C12H14N2O2. The summed E-state index contributed by atoms with van der Waals surface area (Å²) in [4.78, 5) is 3.93. The first-order chi connectivity index (χ1) is 7.70. The van der Waals surface area contributed by atoms with Crippen molar-refractivity contribution >= 4 is 0 Å². The van der Waals surface area contributed by atoms with Crippen LogP contribution in [0.2, 0.25) is 0 Å². The smallest absolute Gasteiger partial charge is 0.195 e. The number of hydrogen-bond acceptors (Lipinski definition) is 3. The van der Waals surface area contributed by atoms with Crippen LogP contribution in [0.15, 0.2) is 42.9 Å². The third kappa shape index (κ3) is 1.98. The molecule has 2 aromatic rings. The van der Waals surface area contributed by atoms with Gasteiger partial charge in [-0.25, -0.2) is 4.98 Å². The summed E-state index contributed by atoms with van der Waals surface area (Å²) in [6.07, 6.45) is 1.57. The van der Waals surface area contributed by atoms with Gasteiger partial charge in [0.15, 0.2) is 6.29 Å². The first-order valence-corrected chi connectivity index (χ1v) is 5.13. The molecule has 4 nitrogen and oxygen atoms in total. The quantitative estimate of drug-likeness (QED) is 0.767. The highest BCUT2D eigenvalue weighted by molar-refractivity contribution is 5.20. The lowest BCUT2D eigenvalue weighted by Gasteiger charge is -2.17. The summed E-state index contributed by atoms with van der Waals surface area (Å²) in [5.41, 5.74) is 1.50. The van der Waals surface area contributed by atoms with E-state index >= 15 is 0 Å². The van der Waals surface area contributed by atoms with E-state index in [1.54, 1.807) is 10.9 Å². The van der Waals surface area contributed by atoms with Gasteiger partial charge in [-0.2, -0.15) is 0 Å². The van der Waals surface area contributed by atoms with Crippen LogP contribution in [0, 0.1) is 0 Å². The lowest BCUT2D eigenvalue weighted by atomic mass is 10.1. The van der Waals surface area contributed by atoms with Gasteiger partial charge in [0.2, 0.25) is 0 Å². The van der Waals surface area contributed by atoms with E-state index in [2.05, 4.69) is 4.98 Å². The Balaban J connectivity index is 2.34. The third-order valence-corrected chi connectivity index (χ3v) is 2.66. The Morgan fingerprint density at radius 2 is 1.88 bits per heavy atom. The van der Waals surface area contributed by atoms with E-state index in [1.165, 1.54) is 6.20 Å². The highest BCUT2D eigenvalue weighted by atomic mass is 16.5. The van der Waals surface area contributed by atoms with Crippen LogP contribution in [0.4, 0.5) is 0 Å². The van der Waals surface area contributed by atoms with Gasteiger partial charge in [0.25, 0.3) is 0 Å². The monoisotopic (exact) mass is 218 g/mol. The lowest BCUT2D eigenvalue weighted by Crippen LogP contribution is -2.11. The fraction of sp³-hybridized carbons (Fsp3) is 0.250. The Labute approximate surface area is 93.8 Å². The van der Waals surface area contributed by atoms with Crippen molar-refractivity contribution < 1.29 is 10.2 Å². The molecule has 2 rings (SSSR count). The second-order valence-electron chi connectivity index (χ2n) is 3.69. The van der Waals surface area contributed by atoms with Gasteiger partial charge < -0.3 is 14.8 Å². The number of aliphatic hydroxyl groups excluding tert-OH is 1. The topological polar surface area (TPSA) is 58.3 Å². The predicted octanol–water partition coefficient (Wildman–Crippen LogP) is 1.48. The molecule has 16 heavy (non-hydrogen) atoms. The van der Waals surface area contributed by atoms with Crippen molar-refractivity contribution in [3.63, 3.8) is 0 Å². The molecule has 0 unspecified atom stereocenters. The van der Waals surface area contributed by atoms with Gasteiger partial charge >= 0.3 is 0 Å². The molecule has 84 valence electrons. The van der Waals surface area contributed by atoms with Crippen molar-refractivity contribution in [1.82, 2.24) is 9.55 Å². The molecule has 0 aliphatic heterocycles. The molecule has 1 heterocycles. The average Bonchev–Trinajstić information content (AvgIpc) is 2.78. The summed E-state index contributed by atoms with van der Waals surface area (Å²) < 4.78 is 1.75. The van der Waals surface area contributed by atoms with E-state index in [-0.39, 0.29) is 6.04 Å². The Kier molecular flexibility index (Phi) is 3.03. The Hall–Kier alpha value is -1.65. The van der Waals surface area contributed by atoms with Gasteiger partial charge in [-0.05, 0) is 12.5 Å². The second kappa shape index (κ2) is 4.47. The van der Waals surface area contributed by atoms with Gasteiger partial charge in [0.05, 0.1) is 24.3 Å². The SMILES string of the molecule is C[C@H](c1ccccc1)n1cncc1C(O)O. The molecule has 0 aliphatic rings. The molecule has 0 aliphatic carbocycles. The summed E-state index contributed by atoms with van der Waals surface area (Å²) in [5.74, 6) is 0. The van der Waals surface area contributed by atoms with Crippen molar-refractivity contribution in [2.24, 2.45) is 0 Å². The van der Waals surface area contributed by atoms with E-state index < -0.39 is 6.29 Å². The third-order valence-electron chi connectivity index (χ3n) is 2.66. The number of imidazole rings is 1. The number of benzene rings is 1. The van der Waals surface area contributed by atoms with Crippen LogP contribution in [0.25, 0.3) is 0 Å². The average molecular weight is 218 g/mol. The van der Waals surface area contributed by atoms with Gasteiger partial charge in [-0.3, -0.25) is 0 Å². The van der Waals surface area contributed by atoms with Crippen molar-refractivity contribution in [1.29, 1.82) is 0 Å². The van der Waals surface area contributed by atoms with Crippen LogP contribution >= 0.6 is 0 Å². The van der Waals surface area contributed by atoms with Crippen LogP contribution in [0.1, 0.15) is 30.5 Å². The van der Waals surface area contributed by atoms with E-state index in [4.69, 9.17) is 0 Å². The summed E-state index contributed by atoms with van der Waals surface area (Å²) in [7, 11) is 0. The number of hydrogen-bond donors (Lipinski definition) is 2. The number of rotatable bonds is 3. The lowest BCUT2D eigenvalue weighted by molar-refractivity contribution is -0.0487. The minimum absolute atomic E-state index is 0.0282. The van der Waals surface area contributed by atoms with Crippen LogP contribution in [0.3, 0.4) is 0 Å². The van der Waals surface area contributed by atoms with Crippen LogP contribution < -0.4 is 0 Å². The molecule has 1 aromatic heterocycles. The minimum Gasteiger partial charge on any atom is -0.363 e.